The van der Waals surface area contributed by atoms with Gasteiger partial charge in [-0.1, -0.05) is 12.1 Å². The highest BCUT2D eigenvalue weighted by Crippen LogP contribution is 2.42. The van der Waals surface area contributed by atoms with Crippen molar-refractivity contribution in [1.82, 2.24) is 15.0 Å². The molecule has 1 aromatic rings. The molecule has 2 rings (SSSR count). The quantitative estimate of drug-likeness (QED) is 0.769. The van der Waals surface area contributed by atoms with Crippen molar-refractivity contribution in [2.75, 3.05) is 13.7 Å². The van der Waals surface area contributed by atoms with Crippen molar-refractivity contribution in [2.24, 2.45) is 11.7 Å². The highest BCUT2D eigenvalue weighted by Gasteiger charge is 2.37. The molecular weight excluding hydrogens is 192 g/mol. The maximum absolute atomic E-state index is 5.54. The predicted octanol–water partition coefficient (Wildman–Crippen LogP) is 0.507. The van der Waals surface area contributed by atoms with E-state index in [2.05, 4.69) is 17.2 Å². The summed E-state index contributed by atoms with van der Waals surface area (Å²) >= 11 is 0. The first kappa shape index (κ1) is 10.6. The molecule has 84 valence electrons. The zero-order chi connectivity index (χ0) is 10.8. The van der Waals surface area contributed by atoms with Gasteiger partial charge in [-0.25, -0.2) is 4.68 Å². The van der Waals surface area contributed by atoms with Gasteiger partial charge in [-0.3, -0.25) is 0 Å². The zero-order valence-corrected chi connectivity index (χ0v) is 9.31. The minimum absolute atomic E-state index is 0.522. The van der Waals surface area contributed by atoms with Crippen LogP contribution in [-0.2, 0) is 17.8 Å². The summed E-state index contributed by atoms with van der Waals surface area (Å²) in [6.07, 6.45) is 1.97. The fourth-order valence-electron chi connectivity index (χ4n) is 1.87. The Morgan fingerprint density at radius 1 is 1.60 bits per heavy atom. The van der Waals surface area contributed by atoms with Crippen molar-refractivity contribution in [3.05, 3.63) is 11.4 Å². The molecule has 1 fully saturated rings. The number of nitrogens with zero attached hydrogens (tertiary/aromatic N) is 3. The SMILES string of the molecule is COCc1c(CCN)nnn1C1CC1C. The molecule has 1 aliphatic rings. The van der Waals surface area contributed by atoms with Gasteiger partial charge < -0.3 is 10.5 Å². The van der Waals surface area contributed by atoms with Gasteiger partial charge in [0.2, 0.25) is 0 Å². The molecule has 0 radical (unpaired) electrons. The van der Waals surface area contributed by atoms with E-state index in [9.17, 15) is 0 Å². The van der Waals surface area contributed by atoms with E-state index in [1.165, 1.54) is 6.42 Å². The van der Waals surface area contributed by atoms with E-state index >= 15 is 0 Å². The maximum atomic E-state index is 5.54. The van der Waals surface area contributed by atoms with Crippen LogP contribution >= 0.6 is 0 Å². The summed E-state index contributed by atoms with van der Waals surface area (Å²) in [5, 5.41) is 8.37. The van der Waals surface area contributed by atoms with Gasteiger partial charge >= 0.3 is 0 Å². The molecule has 1 aliphatic carbocycles. The molecule has 15 heavy (non-hydrogen) atoms. The van der Waals surface area contributed by atoms with Gasteiger partial charge in [0.15, 0.2) is 0 Å². The predicted molar refractivity (Wildman–Crippen MR) is 56.3 cm³/mol. The highest BCUT2D eigenvalue weighted by molar-refractivity contribution is 5.12. The van der Waals surface area contributed by atoms with Gasteiger partial charge in [-0.15, -0.1) is 5.10 Å². The van der Waals surface area contributed by atoms with Crippen molar-refractivity contribution < 1.29 is 4.74 Å². The van der Waals surface area contributed by atoms with Crippen LogP contribution in [0.5, 0.6) is 0 Å². The van der Waals surface area contributed by atoms with Gasteiger partial charge in [0.25, 0.3) is 0 Å². The summed E-state index contributed by atoms with van der Waals surface area (Å²) in [7, 11) is 1.69. The third kappa shape index (κ3) is 2.03. The number of ether oxygens (including phenoxy) is 1. The van der Waals surface area contributed by atoms with Gasteiger partial charge in [0, 0.05) is 13.5 Å². The van der Waals surface area contributed by atoms with E-state index in [0.29, 0.717) is 25.1 Å². The third-order valence-corrected chi connectivity index (χ3v) is 2.91. The lowest BCUT2D eigenvalue weighted by atomic mass is 10.2. The molecule has 5 nitrogen and oxygen atoms in total. The smallest absolute Gasteiger partial charge is 0.0900 e. The molecule has 2 N–H and O–H groups in total. The Balaban J connectivity index is 2.21. The van der Waals surface area contributed by atoms with E-state index in [0.717, 1.165) is 17.8 Å². The second-order valence-electron chi connectivity index (χ2n) is 4.18. The Hall–Kier alpha value is -0.940. The lowest BCUT2D eigenvalue weighted by Gasteiger charge is -2.05. The molecule has 1 heterocycles. The van der Waals surface area contributed by atoms with Crippen LogP contribution in [0.2, 0.25) is 0 Å². The molecule has 0 aromatic carbocycles. The van der Waals surface area contributed by atoms with Crippen LogP contribution in [0, 0.1) is 5.92 Å². The van der Waals surface area contributed by atoms with Crippen molar-refractivity contribution in [3.63, 3.8) is 0 Å². The second-order valence-corrected chi connectivity index (χ2v) is 4.18. The van der Waals surface area contributed by atoms with Crippen molar-refractivity contribution >= 4 is 0 Å². The molecule has 1 saturated carbocycles. The second kappa shape index (κ2) is 4.28. The topological polar surface area (TPSA) is 66.0 Å². The molecular formula is C10H18N4O. The summed E-state index contributed by atoms with van der Waals surface area (Å²) in [5.41, 5.74) is 7.62. The Kier molecular flexibility index (Phi) is 3.02. The summed E-state index contributed by atoms with van der Waals surface area (Å²) < 4.78 is 7.20. The fraction of sp³-hybridized carbons (Fsp3) is 0.800. The first-order valence-electron chi connectivity index (χ1n) is 5.39. The van der Waals surface area contributed by atoms with Gasteiger partial charge in [-0.2, -0.15) is 0 Å². The van der Waals surface area contributed by atoms with Crippen LogP contribution in [-0.4, -0.2) is 28.6 Å². The number of rotatable bonds is 5. The van der Waals surface area contributed by atoms with E-state index in [1.54, 1.807) is 7.11 Å². The van der Waals surface area contributed by atoms with E-state index in [-0.39, 0.29) is 0 Å². The normalized spacial score (nSPS) is 24.5. The molecule has 2 unspecified atom stereocenters. The maximum Gasteiger partial charge on any atom is 0.0900 e. The van der Waals surface area contributed by atoms with Crippen LogP contribution < -0.4 is 5.73 Å². The number of hydrogen-bond acceptors (Lipinski definition) is 4. The Morgan fingerprint density at radius 3 is 2.87 bits per heavy atom. The van der Waals surface area contributed by atoms with E-state index in [4.69, 9.17) is 10.5 Å². The lowest BCUT2D eigenvalue weighted by molar-refractivity contribution is 0.175. The molecule has 0 spiro atoms. The number of nitrogens with two attached hydrogens (primary N) is 1. The van der Waals surface area contributed by atoms with Crippen LogP contribution in [0.1, 0.15) is 30.8 Å². The lowest BCUT2D eigenvalue weighted by Crippen LogP contribution is -2.09. The first-order chi connectivity index (χ1) is 7.27. The monoisotopic (exact) mass is 210 g/mol. The summed E-state index contributed by atoms with van der Waals surface area (Å²) in [5.74, 6) is 0.716. The summed E-state index contributed by atoms with van der Waals surface area (Å²) in [6, 6.07) is 0.522. The van der Waals surface area contributed by atoms with Crippen LogP contribution in [0.4, 0.5) is 0 Å². The van der Waals surface area contributed by atoms with Gasteiger partial charge in [0.1, 0.15) is 0 Å². The van der Waals surface area contributed by atoms with E-state index in [1.807, 2.05) is 4.68 Å². The third-order valence-electron chi connectivity index (χ3n) is 2.91. The fourth-order valence-corrected chi connectivity index (χ4v) is 1.87. The number of hydrogen-bond donors (Lipinski definition) is 1. The summed E-state index contributed by atoms with van der Waals surface area (Å²) in [4.78, 5) is 0. The highest BCUT2D eigenvalue weighted by atomic mass is 16.5. The number of methoxy groups -OCH3 is 1. The standard InChI is InChI=1S/C10H18N4O/c1-7-5-9(7)14-10(6-15-2)8(3-4-11)12-13-14/h7,9H,3-6,11H2,1-2H3. The largest absolute Gasteiger partial charge is 0.378 e. The Morgan fingerprint density at radius 2 is 2.33 bits per heavy atom. The van der Waals surface area contributed by atoms with Crippen molar-refractivity contribution in [1.29, 1.82) is 0 Å². The van der Waals surface area contributed by atoms with Gasteiger partial charge in [-0.05, 0) is 18.9 Å². The first-order valence-corrected chi connectivity index (χ1v) is 5.39. The van der Waals surface area contributed by atoms with Gasteiger partial charge in [0.05, 0.1) is 24.0 Å². The van der Waals surface area contributed by atoms with Crippen molar-refractivity contribution in [2.45, 2.75) is 32.4 Å². The minimum atomic E-state index is 0.522. The molecule has 0 aliphatic heterocycles. The van der Waals surface area contributed by atoms with Crippen LogP contribution in [0.15, 0.2) is 0 Å². The van der Waals surface area contributed by atoms with Crippen LogP contribution in [0.3, 0.4) is 0 Å². The summed E-state index contributed by atoms with van der Waals surface area (Å²) in [6.45, 7) is 3.41. The Labute approximate surface area is 89.6 Å². The molecule has 2 atom stereocenters. The average Bonchev–Trinajstić information content (AvgIpc) is 2.80. The molecule has 5 heteroatoms. The van der Waals surface area contributed by atoms with Crippen molar-refractivity contribution in [3.8, 4) is 0 Å². The molecule has 1 aromatic heterocycles. The van der Waals surface area contributed by atoms with E-state index < -0.39 is 0 Å². The molecule has 0 bridgehead atoms. The Bertz CT molecular complexity index is 336. The average molecular weight is 210 g/mol. The molecule has 0 amide bonds. The number of aromatic nitrogens is 3. The minimum Gasteiger partial charge on any atom is -0.378 e. The molecule has 0 saturated heterocycles. The van der Waals surface area contributed by atoms with Crippen LogP contribution in [0.25, 0.3) is 0 Å². The zero-order valence-electron chi connectivity index (χ0n) is 9.31.